The van der Waals surface area contributed by atoms with Crippen LogP contribution in [0, 0.1) is 11.8 Å². The quantitative estimate of drug-likeness (QED) is 0.807. The molecule has 0 aromatic carbocycles. The largest absolute Gasteiger partial charge is 0.441 e. The van der Waals surface area contributed by atoms with Gasteiger partial charge >= 0.3 is 5.51 Å². The number of thioether (sulfide) groups is 1. The lowest BCUT2D eigenvalue weighted by Crippen LogP contribution is -2.58. The number of hydrogen-bond donors (Lipinski definition) is 1. The van der Waals surface area contributed by atoms with Gasteiger partial charge in [-0.15, -0.1) is 0 Å². The molecule has 1 saturated heterocycles. The topological polar surface area (TPSA) is 15.3 Å². The first-order chi connectivity index (χ1) is 9.19. The Morgan fingerprint density at radius 1 is 1.25 bits per heavy atom. The van der Waals surface area contributed by atoms with E-state index in [0.29, 0.717) is 30.5 Å². The Hall–Kier alpha value is 0.0600. The molecule has 1 heterocycles. The zero-order valence-electron chi connectivity index (χ0n) is 12.8. The molecule has 2 unspecified atom stereocenters. The van der Waals surface area contributed by atoms with Gasteiger partial charge in [-0.2, -0.15) is 13.2 Å². The van der Waals surface area contributed by atoms with Gasteiger partial charge in [0, 0.05) is 37.5 Å². The zero-order valence-corrected chi connectivity index (χ0v) is 13.7. The van der Waals surface area contributed by atoms with Crippen molar-refractivity contribution in [3.05, 3.63) is 0 Å². The molecule has 20 heavy (non-hydrogen) atoms. The van der Waals surface area contributed by atoms with E-state index in [-0.39, 0.29) is 17.5 Å². The second kappa shape index (κ2) is 7.90. The monoisotopic (exact) mass is 312 g/mol. The molecule has 1 fully saturated rings. The van der Waals surface area contributed by atoms with Gasteiger partial charge in [0.1, 0.15) is 0 Å². The van der Waals surface area contributed by atoms with Gasteiger partial charge in [0.05, 0.1) is 0 Å². The molecule has 0 aromatic rings. The average Bonchev–Trinajstić information content (AvgIpc) is 2.28. The van der Waals surface area contributed by atoms with E-state index in [4.69, 9.17) is 0 Å². The first-order valence-electron chi connectivity index (χ1n) is 7.37. The summed E-state index contributed by atoms with van der Waals surface area (Å²) in [6, 6.07) is 0.744. The number of rotatable bonds is 6. The molecular formula is C14H27F3N2S. The Balaban J connectivity index is 2.52. The fraction of sp³-hybridized carbons (Fsp3) is 1.00. The maximum absolute atomic E-state index is 12.3. The van der Waals surface area contributed by atoms with Crippen molar-refractivity contribution in [2.24, 2.45) is 11.8 Å². The van der Waals surface area contributed by atoms with E-state index in [1.165, 1.54) is 0 Å². The van der Waals surface area contributed by atoms with Gasteiger partial charge in [0.2, 0.25) is 0 Å². The standard InChI is InChI=1S/C14H27F3N2S/c1-10(2)7-12-8-18-13(11(3)4)9-19(12)5-6-20-14(15,16)17/h10-13,18H,5-9H2,1-4H3. The number of nitrogens with one attached hydrogen (secondary N) is 1. The molecule has 1 aliphatic heterocycles. The molecule has 2 atom stereocenters. The highest BCUT2D eigenvalue weighted by molar-refractivity contribution is 8.00. The first-order valence-corrected chi connectivity index (χ1v) is 8.35. The van der Waals surface area contributed by atoms with Crippen LogP contribution in [-0.2, 0) is 0 Å². The van der Waals surface area contributed by atoms with Crippen LogP contribution < -0.4 is 5.32 Å². The normalized spacial score (nSPS) is 25.6. The SMILES string of the molecule is CC(C)CC1CNC(C(C)C)CN1CCSC(F)(F)F. The van der Waals surface area contributed by atoms with Gasteiger partial charge in [-0.1, -0.05) is 27.7 Å². The maximum Gasteiger partial charge on any atom is 0.441 e. The van der Waals surface area contributed by atoms with Crippen LogP contribution in [0.4, 0.5) is 13.2 Å². The van der Waals surface area contributed by atoms with Gasteiger partial charge in [0.15, 0.2) is 0 Å². The van der Waals surface area contributed by atoms with Crippen molar-refractivity contribution in [3.63, 3.8) is 0 Å². The summed E-state index contributed by atoms with van der Waals surface area (Å²) in [4.78, 5) is 2.25. The van der Waals surface area contributed by atoms with Crippen LogP contribution in [0.5, 0.6) is 0 Å². The van der Waals surface area contributed by atoms with Crippen molar-refractivity contribution in [3.8, 4) is 0 Å². The molecule has 2 nitrogen and oxygen atoms in total. The fourth-order valence-corrected chi connectivity index (χ4v) is 3.22. The first kappa shape index (κ1) is 18.1. The van der Waals surface area contributed by atoms with Crippen LogP contribution in [0.25, 0.3) is 0 Å². The molecule has 1 rings (SSSR count). The Kier molecular flexibility index (Phi) is 7.15. The van der Waals surface area contributed by atoms with E-state index in [0.717, 1.165) is 19.5 Å². The smallest absolute Gasteiger partial charge is 0.311 e. The molecule has 0 saturated carbocycles. The summed E-state index contributed by atoms with van der Waals surface area (Å²) in [6.07, 6.45) is 1.04. The van der Waals surface area contributed by atoms with Crippen molar-refractivity contribution in [1.82, 2.24) is 10.2 Å². The molecule has 0 aromatic heterocycles. The molecule has 1 N–H and O–H groups in total. The van der Waals surface area contributed by atoms with Gasteiger partial charge in [-0.25, -0.2) is 0 Å². The average molecular weight is 312 g/mol. The lowest BCUT2D eigenvalue weighted by Gasteiger charge is -2.42. The Labute approximate surface area is 124 Å². The van der Waals surface area contributed by atoms with Crippen molar-refractivity contribution < 1.29 is 13.2 Å². The third-order valence-electron chi connectivity index (χ3n) is 3.76. The van der Waals surface area contributed by atoms with Crippen LogP contribution in [0.2, 0.25) is 0 Å². The number of hydrogen-bond acceptors (Lipinski definition) is 3. The highest BCUT2D eigenvalue weighted by Gasteiger charge is 2.32. The van der Waals surface area contributed by atoms with E-state index >= 15 is 0 Å². The van der Waals surface area contributed by atoms with Crippen LogP contribution in [0.1, 0.15) is 34.1 Å². The molecule has 6 heteroatoms. The van der Waals surface area contributed by atoms with Crippen LogP contribution in [0.3, 0.4) is 0 Å². The van der Waals surface area contributed by atoms with Crippen molar-refractivity contribution in [2.45, 2.75) is 51.7 Å². The fourth-order valence-electron chi connectivity index (χ4n) is 2.66. The summed E-state index contributed by atoms with van der Waals surface area (Å²) >= 11 is 0.0957. The third kappa shape index (κ3) is 6.68. The van der Waals surface area contributed by atoms with Gasteiger partial charge < -0.3 is 5.32 Å². The summed E-state index contributed by atoms with van der Waals surface area (Å²) < 4.78 is 36.8. The second-order valence-corrected chi connectivity index (χ2v) is 7.49. The summed E-state index contributed by atoms with van der Waals surface area (Å²) in [7, 11) is 0. The minimum absolute atomic E-state index is 0.0957. The van der Waals surface area contributed by atoms with E-state index in [1.807, 2.05) is 0 Å². The van der Waals surface area contributed by atoms with E-state index in [2.05, 4.69) is 37.9 Å². The Bertz CT molecular complexity index is 282. The molecule has 0 amide bonds. The Morgan fingerprint density at radius 2 is 1.90 bits per heavy atom. The summed E-state index contributed by atoms with van der Waals surface area (Å²) in [5.41, 5.74) is -4.11. The maximum atomic E-state index is 12.3. The number of halogens is 3. The zero-order chi connectivity index (χ0) is 15.3. The third-order valence-corrected chi connectivity index (χ3v) is 4.47. The summed E-state index contributed by atoms with van der Waals surface area (Å²) in [5, 5.41) is 3.54. The van der Waals surface area contributed by atoms with Crippen molar-refractivity contribution in [2.75, 3.05) is 25.4 Å². The van der Waals surface area contributed by atoms with Gasteiger partial charge in [0.25, 0.3) is 0 Å². The second-order valence-electron chi connectivity index (χ2n) is 6.33. The van der Waals surface area contributed by atoms with Crippen molar-refractivity contribution in [1.29, 1.82) is 0 Å². The minimum Gasteiger partial charge on any atom is -0.311 e. The van der Waals surface area contributed by atoms with Crippen LogP contribution in [-0.4, -0.2) is 47.9 Å². The molecule has 0 bridgehead atoms. The van der Waals surface area contributed by atoms with E-state index in [9.17, 15) is 13.2 Å². The minimum atomic E-state index is -4.11. The molecular weight excluding hydrogens is 285 g/mol. The predicted molar refractivity (Wildman–Crippen MR) is 80.0 cm³/mol. The van der Waals surface area contributed by atoms with E-state index < -0.39 is 5.51 Å². The Morgan fingerprint density at radius 3 is 2.40 bits per heavy atom. The highest BCUT2D eigenvalue weighted by atomic mass is 32.2. The molecule has 120 valence electrons. The van der Waals surface area contributed by atoms with Crippen LogP contribution in [0.15, 0.2) is 0 Å². The molecule has 1 aliphatic rings. The molecule has 0 spiro atoms. The van der Waals surface area contributed by atoms with Gasteiger partial charge in [-0.3, -0.25) is 4.90 Å². The summed E-state index contributed by atoms with van der Waals surface area (Å²) in [5.74, 6) is 1.20. The highest BCUT2D eigenvalue weighted by Crippen LogP contribution is 2.30. The number of piperazine rings is 1. The summed E-state index contributed by atoms with van der Waals surface area (Å²) in [6.45, 7) is 10.9. The van der Waals surface area contributed by atoms with E-state index in [1.54, 1.807) is 0 Å². The molecule has 0 radical (unpaired) electrons. The van der Waals surface area contributed by atoms with Crippen LogP contribution >= 0.6 is 11.8 Å². The lowest BCUT2D eigenvalue weighted by molar-refractivity contribution is -0.0330. The molecule has 0 aliphatic carbocycles. The number of alkyl halides is 3. The van der Waals surface area contributed by atoms with Gasteiger partial charge in [-0.05, 0) is 30.0 Å². The number of nitrogens with zero attached hydrogens (tertiary/aromatic N) is 1. The lowest BCUT2D eigenvalue weighted by atomic mass is 9.95. The predicted octanol–water partition coefficient (Wildman–Crippen LogP) is 3.58. The van der Waals surface area contributed by atoms with Crippen molar-refractivity contribution >= 4 is 11.8 Å².